The number of hydrogen-bond acceptors (Lipinski definition) is 3. The molecule has 2 amide bonds. The standard InChI is InChI=1S/C16H14F2N2O3/c1-23-20(10-11-6-3-2-4-7-11)16(22)15(21)19-14-12(17)8-5-9-13(14)18/h2-9H,10H2,1H3,(H,19,21). The summed E-state index contributed by atoms with van der Waals surface area (Å²) in [5.74, 6) is -4.22. The van der Waals surface area contributed by atoms with E-state index in [-0.39, 0.29) is 6.54 Å². The van der Waals surface area contributed by atoms with Crippen molar-refractivity contribution in [2.45, 2.75) is 6.54 Å². The normalized spacial score (nSPS) is 10.2. The fourth-order valence-electron chi connectivity index (χ4n) is 1.87. The summed E-state index contributed by atoms with van der Waals surface area (Å²) in [6.45, 7) is 0.0172. The molecule has 0 aliphatic heterocycles. The predicted molar refractivity (Wildman–Crippen MR) is 79.0 cm³/mol. The van der Waals surface area contributed by atoms with Crippen LogP contribution in [0.3, 0.4) is 0 Å². The molecule has 0 saturated heterocycles. The van der Waals surface area contributed by atoms with Crippen LogP contribution in [0, 0.1) is 11.6 Å². The summed E-state index contributed by atoms with van der Waals surface area (Å²) in [6, 6.07) is 11.9. The highest BCUT2D eigenvalue weighted by Gasteiger charge is 2.24. The second-order valence-corrected chi connectivity index (χ2v) is 4.56. The van der Waals surface area contributed by atoms with Gasteiger partial charge in [-0.05, 0) is 17.7 Å². The van der Waals surface area contributed by atoms with Gasteiger partial charge in [0.15, 0.2) is 0 Å². The van der Waals surface area contributed by atoms with Crippen molar-refractivity contribution >= 4 is 17.5 Å². The maximum Gasteiger partial charge on any atom is 0.336 e. The second-order valence-electron chi connectivity index (χ2n) is 4.56. The molecule has 0 saturated carbocycles. The van der Waals surface area contributed by atoms with Crippen LogP contribution in [0.5, 0.6) is 0 Å². The van der Waals surface area contributed by atoms with Gasteiger partial charge < -0.3 is 5.32 Å². The van der Waals surface area contributed by atoms with Gasteiger partial charge in [-0.2, -0.15) is 0 Å². The molecule has 2 aromatic carbocycles. The minimum absolute atomic E-state index is 0.0172. The lowest BCUT2D eigenvalue weighted by molar-refractivity contribution is -0.181. The second kappa shape index (κ2) is 7.46. The van der Waals surface area contributed by atoms with E-state index < -0.39 is 29.1 Å². The summed E-state index contributed by atoms with van der Waals surface area (Å²) in [4.78, 5) is 28.8. The third-order valence-corrected chi connectivity index (χ3v) is 3.01. The summed E-state index contributed by atoms with van der Waals surface area (Å²) >= 11 is 0. The molecule has 23 heavy (non-hydrogen) atoms. The molecule has 7 heteroatoms. The number of carbonyl (C=O) groups is 2. The highest BCUT2D eigenvalue weighted by atomic mass is 19.1. The van der Waals surface area contributed by atoms with Crippen molar-refractivity contribution in [3.05, 3.63) is 65.7 Å². The summed E-state index contributed by atoms with van der Waals surface area (Å²) in [5.41, 5.74) is 0.0502. The van der Waals surface area contributed by atoms with E-state index in [4.69, 9.17) is 4.84 Å². The highest BCUT2D eigenvalue weighted by molar-refractivity contribution is 6.39. The third kappa shape index (κ3) is 4.10. The predicted octanol–water partition coefficient (Wildman–Crippen LogP) is 2.49. The maximum atomic E-state index is 13.5. The molecule has 2 rings (SSSR count). The van der Waals surface area contributed by atoms with Crippen LogP contribution in [0.15, 0.2) is 48.5 Å². The number of hydroxylamine groups is 2. The first-order valence-electron chi connectivity index (χ1n) is 6.68. The molecule has 5 nitrogen and oxygen atoms in total. The molecule has 0 aromatic heterocycles. The van der Waals surface area contributed by atoms with Crippen molar-refractivity contribution in [3.63, 3.8) is 0 Å². The van der Waals surface area contributed by atoms with Crippen LogP contribution in [0.4, 0.5) is 14.5 Å². The van der Waals surface area contributed by atoms with Crippen molar-refractivity contribution in [2.24, 2.45) is 0 Å². The molecule has 0 atom stereocenters. The molecule has 2 aromatic rings. The molecule has 0 heterocycles. The van der Waals surface area contributed by atoms with Gasteiger partial charge in [0.25, 0.3) is 0 Å². The van der Waals surface area contributed by atoms with Crippen LogP contribution in [-0.4, -0.2) is 24.0 Å². The zero-order valence-corrected chi connectivity index (χ0v) is 12.3. The fraction of sp³-hybridized carbons (Fsp3) is 0.125. The van der Waals surface area contributed by atoms with E-state index in [1.54, 1.807) is 30.3 Å². The lowest BCUT2D eigenvalue weighted by Gasteiger charge is -2.19. The van der Waals surface area contributed by atoms with E-state index >= 15 is 0 Å². The van der Waals surface area contributed by atoms with Crippen LogP contribution < -0.4 is 5.32 Å². The van der Waals surface area contributed by atoms with Crippen LogP contribution in [0.1, 0.15) is 5.56 Å². The Kier molecular flexibility index (Phi) is 5.37. The first kappa shape index (κ1) is 16.6. The van der Waals surface area contributed by atoms with Gasteiger partial charge >= 0.3 is 11.8 Å². The average molecular weight is 320 g/mol. The number of anilines is 1. The smallest absolute Gasteiger partial charge is 0.313 e. The van der Waals surface area contributed by atoms with Crippen LogP contribution in [0.25, 0.3) is 0 Å². The first-order valence-corrected chi connectivity index (χ1v) is 6.68. The Morgan fingerprint density at radius 1 is 1.04 bits per heavy atom. The molecular weight excluding hydrogens is 306 g/mol. The van der Waals surface area contributed by atoms with E-state index in [2.05, 4.69) is 0 Å². The maximum absolute atomic E-state index is 13.5. The van der Waals surface area contributed by atoms with Crippen LogP contribution in [-0.2, 0) is 21.0 Å². The molecule has 0 aliphatic carbocycles. The fourth-order valence-corrected chi connectivity index (χ4v) is 1.87. The Morgan fingerprint density at radius 3 is 2.22 bits per heavy atom. The van der Waals surface area contributed by atoms with Gasteiger partial charge in [0.1, 0.15) is 17.3 Å². The van der Waals surface area contributed by atoms with Crippen molar-refractivity contribution in [3.8, 4) is 0 Å². The Balaban J connectivity index is 2.10. The molecule has 1 N–H and O–H groups in total. The Hall–Kier alpha value is -2.80. The van der Waals surface area contributed by atoms with Crippen molar-refractivity contribution in [1.82, 2.24) is 5.06 Å². The van der Waals surface area contributed by atoms with Crippen molar-refractivity contribution in [1.29, 1.82) is 0 Å². The summed E-state index contributed by atoms with van der Waals surface area (Å²) < 4.78 is 27.0. The number of para-hydroxylation sites is 1. The number of benzene rings is 2. The van der Waals surface area contributed by atoms with E-state index in [0.29, 0.717) is 0 Å². The Morgan fingerprint density at radius 2 is 1.65 bits per heavy atom. The number of hydrogen-bond donors (Lipinski definition) is 1. The summed E-state index contributed by atoms with van der Waals surface area (Å²) in [5, 5.41) is 2.71. The number of rotatable bonds is 4. The van der Waals surface area contributed by atoms with E-state index in [9.17, 15) is 18.4 Å². The van der Waals surface area contributed by atoms with Gasteiger partial charge in [0.2, 0.25) is 0 Å². The molecule has 0 radical (unpaired) electrons. The van der Waals surface area contributed by atoms with Gasteiger partial charge in [-0.15, -0.1) is 0 Å². The minimum atomic E-state index is -1.20. The number of halogens is 2. The SMILES string of the molecule is CON(Cc1ccccc1)C(=O)C(=O)Nc1c(F)cccc1F. The zero-order chi connectivity index (χ0) is 16.8. The monoisotopic (exact) mass is 320 g/mol. The first-order chi connectivity index (χ1) is 11.0. The number of nitrogens with one attached hydrogen (secondary N) is 1. The van der Waals surface area contributed by atoms with E-state index in [1.807, 2.05) is 5.32 Å². The van der Waals surface area contributed by atoms with Gasteiger partial charge in [-0.1, -0.05) is 36.4 Å². The lowest BCUT2D eigenvalue weighted by Crippen LogP contribution is -2.38. The number of carbonyl (C=O) groups excluding carboxylic acids is 2. The van der Waals surface area contributed by atoms with Gasteiger partial charge in [0.05, 0.1) is 13.7 Å². The molecule has 0 bridgehead atoms. The van der Waals surface area contributed by atoms with Gasteiger partial charge in [-0.3, -0.25) is 14.4 Å². The van der Waals surface area contributed by atoms with Crippen LogP contribution >= 0.6 is 0 Å². The van der Waals surface area contributed by atoms with Crippen LogP contribution in [0.2, 0.25) is 0 Å². The molecule has 0 aliphatic rings. The summed E-state index contributed by atoms with van der Waals surface area (Å²) in [6.07, 6.45) is 0. The molecular formula is C16H14F2N2O3. The van der Waals surface area contributed by atoms with E-state index in [1.165, 1.54) is 7.11 Å². The average Bonchev–Trinajstić information content (AvgIpc) is 2.56. The number of nitrogens with zero attached hydrogens (tertiary/aromatic N) is 1. The zero-order valence-electron chi connectivity index (χ0n) is 12.3. The highest BCUT2D eigenvalue weighted by Crippen LogP contribution is 2.18. The van der Waals surface area contributed by atoms with Gasteiger partial charge in [0, 0.05) is 0 Å². The third-order valence-electron chi connectivity index (χ3n) is 3.01. The minimum Gasteiger partial charge on any atom is -0.313 e. The van der Waals surface area contributed by atoms with Gasteiger partial charge in [-0.25, -0.2) is 13.8 Å². The lowest BCUT2D eigenvalue weighted by atomic mass is 10.2. The van der Waals surface area contributed by atoms with Crippen molar-refractivity contribution < 1.29 is 23.2 Å². The molecule has 0 unspecified atom stereocenters. The largest absolute Gasteiger partial charge is 0.336 e. The van der Waals surface area contributed by atoms with Crippen molar-refractivity contribution in [2.75, 3.05) is 12.4 Å². The molecule has 0 fully saturated rings. The quantitative estimate of drug-likeness (QED) is 0.695. The topological polar surface area (TPSA) is 58.6 Å². The Labute approximate surface area is 131 Å². The Bertz CT molecular complexity index is 687. The number of amides is 2. The summed E-state index contributed by atoms with van der Waals surface area (Å²) in [7, 11) is 1.22. The van der Waals surface area contributed by atoms with E-state index in [0.717, 1.165) is 28.8 Å². The molecule has 0 spiro atoms. The molecule has 120 valence electrons.